The molecule has 0 saturated carbocycles. The van der Waals surface area contributed by atoms with Crippen molar-refractivity contribution in [3.8, 4) is 23.1 Å². The van der Waals surface area contributed by atoms with Crippen LogP contribution in [0, 0.1) is 34.3 Å². The Balaban J connectivity index is 1.17. The highest BCUT2D eigenvalue weighted by Crippen LogP contribution is 2.43. The summed E-state index contributed by atoms with van der Waals surface area (Å²) >= 11 is 0. The number of benzene rings is 2. The summed E-state index contributed by atoms with van der Waals surface area (Å²) in [6.45, 7) is 1.93. The summed E-state index contributed by atoms with van der Waals surface area (Å²) in [6, 6.07) is 5.82. The number of aliphatic hydroxyl groups excluding tert-OH is 1. The number of hydrazine groups is 1. The van der Waals surface area contributed by atoms with Crippen molar-refractivity contribution < 1.29 is 82.8 Å². The highest BCUT2D eigenvalue weighted by Gasteiger charge is 2.57. The molecule has 2 unspecified atom stereocenters. The minimum Gasteiger partial charge on any atom is -0.465 e. The van der Waals surface area contributed by atoms with Crippen LogP contribution >= 0.6 is 0 Å². The van der Waals surface area contributed by atoms with Crippen LogP contribution in [-0.2, 0) is 32.0 Å². The third kappa shape index (κ3) is 13.9. The van der Waals surface area contributed by atoms with Gasteiger partial charge in [0, 0.05) is 72.9 Å². The van der Waals surface area contributed by atoms with Crippen LogP contribution in [0.2, 0.25) is 0 Å². The number of alkyl halides is 8. The molecule has 3 saturated heterocycles. The quantitative estimate of drug-likeness (QED) is 0.0320. The highest BCUT2D eigenvalue weighted by molar-refractivity contribution is 5.87. The molecule has 18 nitrogen and oxygen atoms in total. The maximum absolute atomic E-state index is 16.0. The van der Waals surface area contributed by atoms with Crippen LogP contribution in [0.3, 0.4) is 0 Å². The number of rotatable bonds is 19. The summed E-state index contributed by atoms with van der Waals surface area (Å²) in [5.41, 5.74) is -4.64. The SMILES string of the molecule is COC(=O)N[C@H](C(=O)N[C@@H](Cc1ccc(C#Cc2ccc(N3CC4CCC(C3)N4C3(C)COC3)nc2)cc1)[C@@H](O)CN(Cc1c(F)cc(-c2ccn(C(F)F)n2)cc1F)NC(=O)[C@@H](NC(=O)O)C(C)(C)C(F)(F)F)C(C)(C)C(F)(F)F. The summed E-state index contributed by atoms with van der Waals surface area (Å²) < 4.78 is 156. The first-order valence-corrected chi connectivity index (χ1v) is 25.3. The molecule has 2 aromatic heterocycles. The number of anilines is 1. The Morgan fingerprint density at radius 2 is 1.41 bits per heavy atom. The number of hydrogen-bond donors (Lipinski definition) is 6. The van der Waals surface area contributed by atoms with Crippen molar-refractivity contribution in [1.29, 1.82) is 0 Å². The van der Waals surface area contributed by atoms with Crippen LogP contribution in [0.1, 0.15) is 76.3 Å². The lowest BCUT2D eigenvalue weighted by Gasteiger charge is -2.54. The Morgan fingerprint density at radius 1 is 0.840 bits per heavy atom. The lowest BCUT2D eigenvalue weighted by Crippen LogP contribution is -2.68. The third-order valence-corrected chi connectivity index (χ3v) is 15.0. The molecule has 3 aliphatic heterocycles. The number of ether oxygens (including phenoxy) is 2. The molecule has 440 valence electrons. The number of amides is 4. The van der Waals surface area contributed by atoms with Gasteiger partial charge in [0.25, 0.3) is 5.91 Å². The van der Waals surface area contributed by atoms with Gasteiger partial charge in [0.1, 0.15) is 29.5 Å². The minimum absolute atomic E-state index is 0.0391. The molecule has 4 amide bonds. The second kappa shape index (κ2) is 24.1. The zero-order valence-corrected chi connectivity index (χ0v) is 44.6. The number of carbonyl (C=O) groups excluding carboxylic acids is 3. The van der Waals surface area contributed by atoms with Crippen molar-refractivity contribution in [2.45, 2.75) is 121 Å². The second-order valence-corrected chi connectivity index (χ2v) is 21.5. The number of aromatic nitrogens is 3. The van der Waals surface area contributed by atoms with Gasteiger partial charge in [0.05, 0.1) is 54.5 Å². The molecule has 6 atom stereocenters. The normalized spacial score (nSPS) is 18.9. The van der Waals surface area contributed by atoms with E-state index < -0.39 is 115 Å². The van der Waals surface area contributed by atoms with Crippen LogP contribution in [0.4, 0.5) is 59.3 Å². The summed E-state index contributed by atoms with van der Waals surface area (Å²) in [5, 5.41) is 31.1. The number of carboxylic acid groups (broad SMARTS) is 1. The molecule has 28 heteroatoms. The fourth-order valence-electron chi connectivity index (χ4n) is 10.0. The van der Waals surface area contributed by atoms with E-state index in [-0.39, 0.29) is 27.0 Å². The number of fused-ring (bicyclic) bond motifs is 2. The van der Waals surface area contributed by atoms with Crippen molar-refractivity contribution in [3.05, 3.63) is 101 Å². The Labute approximate surface area is 458 Å². The van der Waals surface area contributed by atoms with Gasteiger partial charge in [-0.2, -0.15) is 40.2 Å². The highest BCUT2D eigenvalue weighted by atomic mass is 19.4. The lowest BCUT2D eigenvalue weighted by atomic mass is 9.82. The summed E-state index contributed by atoms with van der Waals surface area (Å²) in [6.07, 6.45) is -12.1. The number of carbonyl (C=O) groups is 4. The zero-order chi connectivity index (χ0) is 59.6. The van der Waals surface area contributed by atoms with Gasteiger partial charge in [0.2, 0.25) is 5.91 Å². The van der Waals surface area contributed by atoms with Crippen molar-refractivity contribution in [2.24, 2.45) is 10.8 Å². The molecule has 2 bridgehead atoms. The fraction of sp³-hybridized carbons (Fsp3) is 0.509. The van der Waals surface area contributed by atoms with Crippen molar-refractivity contribution in [3.63, 3.8) is 0 Å². The van der Waals surface area contributed by atoms with Gasteiger partial charge < -0.3 is 40.5 Å². The Hall–Kier alpha value is -7.22. The second-order valence-electron chi connectivity index (χ2n) is 21.5. The van der Waals surface area contributed by atoms with Crippen LogP contribution in [-0.4, -0.2) is 153 Å². The molecule has 2 aromatic carbocycles. The van der Waals surface area contributed by atoms with E-state index in [1.165, 1.54) is 29.6 Å². The van der Waals surface area contributed by atoms with Crippen LogP contribution < -0.4 is 26.3 Å². The van der Waals surface area contributed by atoms with Crippen LogP contribution in [0.25, 0.3) is 11.3 Å². The van der Waals surface area contributed by atoms with E-state index in [1.54, 1.807) is 6.20 Å². The lowest BCUT2D eigenvalue weighted by molar-refractivity contribution is -0.221. The van der Waals surface area contributed by atoms with Crippen molar-refractivity contribution in [2.75, 3.05) is 44.9 Å². The molecular formula is C53H60F10N10O8. The van der Waals surface area contributed by atoms with E-state index in [9.17, 15) is 64.5 Å². The van der Waals surface area contributed by atoms with E-state index in [4.69, 9.17) is 4.74 Å². The van der Waals surface area contributed by atoms with Gasteiger partial charge in [0.15, 0.2) is 0 Å². The van der Waals surface area contributed by atoms with Gasteiger partial charge in [-0.25, -0.2) is 33.0 Å². The van der Waals surface area contributed by atoms with Crippen molar-refractivity contribution >= 4 is 29.8 Å². The maximum atomic E-state index is 16.0. The molecule has 4 aromatic rings. The zero-order valence-electron chi connectivity index (χ0n) is 44.6. The number of nitrogens with zero attached hydrogens (tertiary/aromatic N) is 6. The predicted molar refractivity (Wildman–Crippen MR) is 270 cm³/mol. The van der Waals surface area contributed by atoms with E-state index in [1.807, 2.05) is 22.9 Å². The average Bonchev–Trinajstić information content (AvgIpc) is 3.99. The molecule has 0 spiro atoms. The number of nitrogens with one attached hydrogen (secondary N) is 4. The fourth-order valence-corrected chi connectivity index (χ4v) is 10.0. The first-order valence-electron chi connectivity index (χ1n) is 25.3. The summed E-state index contributed by atoms with van der Waals surface area (Å²) in [5.74, 6) is 0.611. The largest absolute Gasteiger partial charge is 0.465 e. The number of piperazine rings is 1. The molecule has 0 aliphatic carbocycles. The Morgan fingerprint density at radius 3 is 1.90 bits per heavy atom. The summed E-state index contributed by atoms with van der Waals surface area (Å²) in [7, 11) is 0.812. The molecule has 6 N–H and O–H groups in total. The molecule has 3 fully saturated rings. The average molecular weight is 1160 g/mol. The van der Waals surface area contributed by atoms with Crippen molar-refractivity contribution in [1.82, 2.24) is 46.0 Å². The van der Waals surface area contributed by atoms with Gasteiger partial charge >= 0.3 is 31.1 Å². The number of halogens is 10. The molecule has 0 radical (unpaired) electrons. The first kappa shape index (κ1) is 61.4. The number of aliphatic hydroxyl groups is 1. The van der Waals surface area contributed by atoms with E-state index in [0.717, 1.165) is 51.1 Å². The molecule has 3 aliphatic rings. The van der Waals surface area contributed by atoms with Gasteiger partial charge in [-0.1, -0.05) is 24.0 Å². The minimum atomic E-state index is -5.29. The monoisotopic (exact) mass is 1150 g/mol. The first-order chi connectivity index (χ1) is 37.8. The number of alkyl carbamates (subject to hydrolysis) is 1. The smallest absolute Gasteiger partial charge is 0.407 e. The van der Waals surface area contributed by atoms with Gasteiger partial charge in [-0.15, -0.1) is 0 Å². The topological polar surface area (TPSA) is 216 Å². The number of hydrogen-bond acceptors (Lipinski definition) is 12. The van der Waals surface area contributed by atoms with Crippen LogP contribution in [0.5, 0.6) is 0 Å². The van der Waals surface area contributed by atoms with Gasteiger partial charge in [-0.05, 0) is 102 Å². The molecule has 7 rings (SSSR count). The predicted octanol–water partition coefficient (Wildman–Crippen LogP) is 6.92. The molecule has 5 heterocycles. The maximum Gasteiger partial charge on any atom is 0.407 e. The Bertz CT molecular complexity index is 2940. The number of methoxy groups -OCH3 is 1. The molecule has 81 heavy (non-hydrogen) atoms. The molecular weight excluding hydrogens is 1090 g/mol. The van der Waals surface area contributed by atoms with E-state index in [2.05, 4.69) is 48.7 Å². The summed E-state index contributed by atoms with van der Waals surface area (Å²) in [4.78, 5) is 61.6. The van der Waals surface area contributed by atoms with Crippen LogP contribution in [0.15, 0.2) is 67.0 Å². The third-order valence-electron chi connectivity index (χ3n) is 15.0. The van der Waals surface area contributed by atoms with E-state index >= 15 is 8.78 Å². The van der Waals surface area contributed by atoms with Gasteiger partial charge in [-0.3, -0.25) is 19.9 Å². The van der Waals surface area contributed by atoms with E-state index in [0.29, 0.717) is 81.3 Å². The number of pyridine rings is 1. The standard InChI is InChI=1S/C53H60F10N10O8/c1-49(2,52(58,59)60)42(67-48(79)80-6)44(75)65-39(19-30-10-7-29(8-11-30)9-12-31-13-16-41(64-22-31)70-23-33-14-15-34(24-70)73(33)51(5)27-81-28-51)40(74)26-71(69-45(76)43(66-47(77)78)50(3,4)53(61,62)63)25-35-36(54)20-32(21-37(35)55)38-17-18-72(68-38)46(56)57/h7-8,10-11,13,16-18,20-22,33-34,39-40,42-43,46,66,74H,14-15,19,23-28H2,1-6H3,(H,65,75)(H,67,79)(H,69,76)(H,77,78)/t33?,34?,39-,40-,42+,43+/m0/s1. The Kier molecular flexibility index (Phi) is 18.3.